The van der Waals surface area contributed by atoms with Gasteiger partial charge in [-0.25, -0.2) is 0 Å². The minimum atomic E-state index is -0.862. The van der Waals surface area contributed by atoms with Crippen molar-refractivity contribution in [2.45, 2.75) is 90.6 Å². The van der Waals surface area contributed by atoms with Gasteiger partial charge in [0.05, 0.1) is 5.60 Å². The van der Waals surface area contributed by atoms with Crippen molar-refractivity contribution in [3.05, 3.63) is 34.9 Å². The first kappa shape index (κ1) is 20.8. The quantitative estimate of drug-likeness (QED) is 0.404. The van der Waals surface area contributed by atoms with Gasteiger partial charge in [0.2, 0.25) is 0 Å². The normalized spacial score (nSPS) is 20.9. The zero-order valence-corrected chi connectivity index (χ0v) is 16.9. The van der Waals surface area contributed by atoms with Gasteiger partial charge in [0.15, 0.2) is 0 Å². The van der Waals surface area contributed by atoms with Crippen LogP contribution < -0.4 is 0 Å². The van der Waals surface area contributed by atoms with Crippen molar-refractivity contribution in [2.75, 3.05) is 0 Å². The predicted molar refractivity (Wildman–Crippen MR) is 108 cm³/mol. The van der Waals surface area contributed by atoms with Crippen LogP contribution in [0.1, 0.15) is 89.7 Å². The monoisotopic (exact) mass is 360 g/mol. The second kappa shape index (κ2) is 8.94. The Kier molecular flexibility index (Phi) is 7.16. The summed E-state index contributed by atoms with van der Waals surface area (Å²) < 4.78 is 0. The van der Waals surface area contributed by atoms with Gasteiger partial charge in [-0.3, -0.25) is 0 Å². The van der Waals surface area contributed by atoms with Gasteiger partial charge in [-0.1, -0.05) is 44.3 Å². The van der Waals surface area contributed by atoms with Crippen molar-refractivity contribution in [1.29, 1.82) is 0 Å². The van der Waals surface area contributed by atoms with Crippen LogP contribution in [0.25, 0.3) is 0 Å². The molecule has 3 nitrogen and oxygen atoms in total. The van der Waals surface area contributed by atoms with E-state index in [0.29, 0.717) is 5.56 Å². The number of aromatic hydroxyl groups is 2. The molecule has 0 aliphatic heterocycles. The van der Waals surface area contributed by atoms with Crippen LogP contribution in [0, 0.1) is 5.92 Å². The molecule has 1 aromatic carbocycles. The summed E-state index contributed by atoms with van der Waals surface area (Å²) in [5.41, 5.74) is 1.93. The maximum Gasteiger partial charge on any atom is 0.123 e. The molecule has 1 aliphatic rings. The number of hydrogen-bond donors (Lipinski definition) is 3. The summed E-state index contributed by atoms with van der Waals surface area (Å²) in [7, 11) is 0. The first-order valence-corrected chi connectivity index (χ1v) is 10.2. The van der Waals surface area contributed by atoms with E-state index in [4.69, 9.17) is 0 Å². The fourth-order valence-electron chi connectivity index (χ4n) is 4.24. The molecule has 0 spiro atoms. The highest BCUT2D eigenvalue weighted by atomic mass is 16.3. The number of aliphatic hydroxyl groups is 1. The van der Waals surface area contributed by atoms with E-state index < -0.39 is 5.60 Å². The van der Waals surface area contributed by atoms with Crippen molar-refractivity contribution in [3.8, 4) is 11.5 Å². The summed E-state index contributed by atoms with van der Waals surface area (Å²) in [5.74, 6) is 0.114. The molecule has 0 fully saturated rings. The molecule has 0 bridgehead atoms. The van der Waals surface area contributed by atoms with E-state index in [1.54, 1.807) is 12.1 Å². The molecule has 1 aliphatic carbocycles. The van der Waals surface area contributed by atoms with Crippen LogP contribution in [0.15, 0.2) is 23.8 Å². The van der Waals surface area contributed by atoms with Crippen molar-refractivity contribution in [1.82, 2.24) is 0 Å². The molecule has 0 aromatic heterocycles. The third kappa shape index (κ3) is 5.26. The molecule has 2 rings (SSSR count). The summed E-state index contributed by atoms with van der Waals surface area (Å²) in [5, 5.41) is 31.9. The Bertz CT molecular complexity index is 602. The molecule has 3 heteroatoms. The summed E-state index contributed by atoms with van der Waals surface area (Å²) in [6.45, 7) is 7.92. The minimum Gasteiger partial charge on any atom is -0.507 e. The van der Waals surface area contributed by atoms with Crippen LogP contribution in [-0.2, 0) is 6.42 Å². The third-order valence-corrected chi connectivity index (χ3v) is 5.75. The van der Waals surface area contributed by atoms with E-state index in [1.165, 1.54) is 31.3 Å². The Morgan fingerprint density at radius 3 is 2.23 bits per heavy atom. The fourth-order valence-corrected chi connectivity index (χ4v) is 4.24. The number of phenolic OH excluding ortho intramolecular Hbond substituents is 2. The zero-order valence-electron chi connectivity index (χ0n) is 16.9. The lowest BCUT2D eigenvalue weighted by Gasteiger charge is -2.38. The molecule has 0 unspecified atom stereocenters. The van der Waals surface area contributed by atoms with E-state index in [1.807, 2.05) is 13.8 Å². The average molecular weight is 361 g/mol. The zero-order chi connectivity index (χ0) is 19.3. The second-order valence-electron chi connectivity index (χ2n) is 8.55. The van der Waals surface area contributed by atoms with E-state index in [0.717, 1.165) is 31.2 Å². The molecule has 0 radical (unpaired) electrons. The summed E-state index contributed by atoms with van der Waals surface area (Å²) in [6, 6.07) is 3.60. The largest absolute Gasteiger partial charge is 0.507 e. The van der Waals surface area contributed by atoms with Gasteiger partial charge in [0, 0.05) is 11.5 Å². The molecular weight excluding hydrogens is 324 g/mol. The van der Waals surface area contributed by atoms with Gasteiger partial charge in [0.25, 0.3) is 0 Å². The maximum atomic E-state index is 10.7. The average Bonchev–Trinajstić information content (AvgIpc) is 2.53. The smallest absolute Gasteiger partial charge is 0.123 e. The van der Waals surface area contributed by atoms with Crippen LogP contribution in [0.4, 0.5) is 0 Å². The SMILES string of the molecule is CCCCCCCc1cc(O)c([C@@H]2C=C(C)CC[C@H]2C(C)(C)O)c(O)c1. The Morgan fingerprint density at radius 1 is 1.04 bits per heavy atom. The Labute approximate surface area is 158 Å². The van der Waals surface area contributed by atoms with Gasteiger partial charge in [-0.15, -0.1) is 0 Å². The van der Waals surface area contributed by atoms with Crippen LogP contribution in [-0.4, -0.2) is 20.9 Å². The molecule has 1 aromatic rings. The van der Waals surface area contributed by atoms with Gasteiger partial charge in [-0.05, 0) is 70.1 Å². The molecule has 2 atom stereocenters. The van der Waals surface area contributed by atoms with Crippen molar-refractivity contribution >= 4 is 0 Å². The molecule has 26 heavy (non-hydrogen) atoms. The highest BCUT2D eigenvalue weighted by molar-refractivity contribution is 5.51. The Balaban J connectivity index is 2.22. The predicted octanol–water partition coefficient (Wildman–Crippen LogP) is 5.82. The Morgan fingerprint density at radius 2 is 1.65 bits per heavy atom. The van der Waals surface area contributed by atoms with Gasteiger partial charge < -0.3 is 15.3 Å². The van der Waals surface area contributed by atoms with Crippen LogP contribution in [0.3, 0.4) is 0 Å². The van der Waals surface area contributed by atoms with Crippen LogP contribution >= 0.6 is 0 Å². The number of hydrogen-bond acceptors (Lipinski definition) is 3. The van der Waals surface area contributed by atoms with Crippen molar-refractivity contribution in [2.24, 2.45) is 5.92 Å². The number of benzene rings is 1. The molecule has 146 valence electrons. The summed E-state index contributed by atoms with van der Waals surface area (Å²) >= 11 is 0. The highest BCUT2D eigenvalue weighted by Crippen LogP contribution is 2.47. The number of aryl methyl sites for hydroxylation is 1. The van der Waals surface area contributed by atoms with E-state index in [2.05, 4.69) is 19.9 Å². The first-order chi connectivity index (χ1) is 12.2. The van der Waals surface area contributed by atoms with Crippen LogP contribution in [0.2, 0.25) is 0 Å². The summed E-state index contributed by atoms with van der Waals surface area (Å²) in [6.07, 6.45) is 10.8. The van der Waals surface area contributed by atoms with Gasteiger partial charge >= 0.3 is 0 Å². The molecular formula is C23H36O3. The molecule has 3 N–H and O–H groups in total. The first-order valence-electron chi connectivity index (χ1n) is 10.2. The van der Waals surface area contributed by atoms with Crippen molar-refractivity contribution < 1.29 is 15.3 Å². The second-order valence-corrected chi connectivity index (χ2v) is 8.55. The van der Waals surface area contributed by atoms with Crippen LogP contribution in [0.5, 0.6) is 11.5 Å². The van der Waals surface area contributed by atoms with E-state index >= 15 is 0 Å². The standard InChI is InChI=1S/C23H36O3/c1-5-6-7-8-9-10-17-14-20(24)22(21(25)15-17)18-13-16(2)11-12-19(18)23(3,4)26/h13-15,18-19,24-26H,5-12H2,1-4H3/t18-,19-/m1/s1. The number of rotatable bonds is 8. The molecule has 0 saturated heterocycles. The Hall–Kier alpha value is -1.48. The third-order valence-electron chi connectivity index (χ3n) is 5.75. The lowest BCUT2D eigenvalue weighted by atomic mass is 9.69. The topological polar surface area (TPSA) is 60.7 Å². The number of phenols is 2. The number of unbranched alkanes of at least 4 members (excludes halogenated alkanes) is 4. The molecule has 0 amide bonds. The van der Waals surface area contributed by atoms with E-state index in [9.17, 15) is 15.3 Å². The summed E-state index contributed by atoms with van der Waals surface area (Å²) in [4.78, 5) is 0. The van der Waals surface area contributed by atoms with Crippen molar-refractivity contribution in [3.63, 3.8) is 0 Å². The highest BCUT2D eigenvalue weighted by Gasteiger charge is 2.38. The fraction of sp³-hybridized carbons (Fsp3) is 0.652. The van der Waals surface area contributed by atoms with Gasteiger partial charge in [-0.2, -0.15) is 0 Å². The molecule has 0 heterocycles. The lowest BCUT2D eigenvalue weighted by molar-refractivity contribution is 0.00421. The number of allylic oxidation sites excluding steroid dienone is 2. The van der Waals surface area contributed by atoms with Gasteiger partial charge in [0.1, 0.15) is 11.5 Å². The van der Waals surface area contributed by atoms with E-state index in [-0.39, 0.29) is 23.3 Å². The molecule has 0 saturated carbocycles. The minimum absolute atomic E-state index is 0.0251. The lowest BCUT2D eigenvalue weighted by Crippen LogP contribution is -2.36. The maximum absolute atomic E-state index is 10.7.